The van der Waals surface area contributed by atoms with Gasteiger partial charge >= 0.3 is 0 Å². The van der Waals surface area contributed by atoms with E-state index in [9.17, 15) is 8.42 Å². The van der Waals surface area contributed by atoms with E-state index in [2.05, 4.69) is 19.2 Å². The molecular weight excluding hydrogens is 236 g/mol. The molecule has 0 aromatic heterocycles. The van der Waals surface area contributed by atoms with Crippen LogP contribution in [0.5, 0.6) is 0 Å². The van der Waals surface area contributed by atoms with Crippen molar-refractivity contribution in [2.45, 2.75) is 39.5 Å². The van der Waals surface area contributed by atoms with Crippen LogP contribution in [0.15, 0.2) is 0 Å². The van der Waals surface area contributed by atoms with Gasteiger partial charge in [-0.15, -0.1) is 0 Å². The van der Waals surface area contributed by atoms with Crippen LogP contribution < -0.4 is 5.32 Å². The summed E-state index contributed by atoms with van der Waals surface area (Å²) in [6.45, 7) is 7.17. The normalized spacial score (nSPS) is 23.5. The van der Waals surface area contributed by atoms with Crippen molar-refractivity contribution in [3.63, 3.8) is 0 Å². The van der Waals surface area contributed by atoms with Crippen LogP contribution in [0.3, 0.4) is 0 Å². The highest BCUT2D eigenvalue weighted by Crippen LogP contribution is 2.18. The van der Waals surface area contributed by atoms with Crippen LogP contribution in [-0.4, -0.2) is 44.7 Å². The van der Waals surface area contributed by atoms with Crippen molar-refractivity contribution >= 4 is 10.0 Å². The molecule has 1 fully saturated rings. The van der Waals surface area contributed by atoms with E-state index in [0.717, 1.165) is 32.2 Å². The highest BCUT2D eigenvalue weighted by molar-refractivity contribution is 7.89. The van der Waals surface area contributed by atoms with Gasteiger partial charge < -0.3 is 5.32 Å². The number of nitrogens with one attached hydrogen (secondary N) is 1. The molecule has 0 radical (unpaired) electrons. The maximum absolute atomic E-state index is 12.1. The van der Waals surface area contributed by atoms with Crippen LogP contribution in [0, 0.1) is 5.92 Å². The summed E-state index contributed by atoms with van der Waals surface area (Å²) >= 11 is 0. The summed E-state index contributed by atoms with van der Waals surface area (Å²) in [5.41, 5.74) is 0. The van der Waals surface area contributed by atoms with Crippen LogP contribution in [0.2, 0.25) is 0 Å². The minimum atomic E-state index is -3.04. The van der Waals surface area contributed by atoms with Crippen molar-refractivity contribution in [2.24, 2.45) is 5.92 Å². The van der Waals surface area contributed by atoms with Gasteiger partial charge in [-0.3, -0.25) is 0 Å². The molecule has 17 heavy (non-hydrogen) atoms. The second kappa shape index (κ2) is 7.34. The summed E-state index contributed by atoms with van der Waals surface area (Å²) < 4.78 is 25.9. The highest BCUT2D eigenvalue weighted by atomic mass is 32.2. The van der Waals surface area contributed by atoms with Gasteiger partial charge in [-0.25, -0.2) is 12.7 Å². The van der Waals surface area contributed by atoms with Crippen molar-refractivity contribution in [1.29, 1.82) is 0 Å². The SMILES string of the molecule is CCCNCCS(=O)(=O)N1CCCC(C)CC1. The average Bonchev–Trinajstić information content (AvgIpc) is 2.50. The van der Waals surface area contributed by atoms with Crippen LogP contribution in [0.25, 0.3) is 0 Å². The van der Waals surface area contributed by atoms with E-state index in [1.165, 1.54) is 0 Å². The lowest BCUT2D eigenvalue weighted by atomic mass is 10.0. The Bertz CT molecular complexity index is 304. The number of sulfonamides is 1. The topological polar surface area (TPSA) is 49.4 Å². The first-order valence-electron chi connectivity index (χ1n) is 6.75. The van der Waals surface area contributed by atoms with E-state index in [4.69, 9.17) is 0 Å². The second-order valence-electron chi connectivity index (χ2n) is 5.00. The molecule has 1 heterocycles. The summed E-state index contributed by atoms with van der Waals surface area (Å²) in [7, 11) is -3.04. The molecule has 0 aliphatic carbocycles. The summed E-state index contributed by atoms with van der Waals surface area (Å²) in [5.74, 6) is 0.898. The highest BCUT2D eigenvalue weighted by Gasteiger charge is 2.24. The Hall–Kier alpha value is -0.130. The molecule has 0 aromatic carbocycles. The molecule has 102 valence electrons. The van der Waals surface area contributed by atoms with Gasteiger partial charge in [0.25, 0.3) is 0 Å². The van der Waals surface area contributed by atoms with Gasteiger partial charge in [-0.2, -0.15) is 0 Å². The third kappa shape index (κ3) is 5.36. The van der Waals surface area contributed by atoms with Crippen molar-refractivity contribution in [3.05, 3.63) is 0 Å². The first kappa shape index (κ1) is 14.9. The number of hydrogen-bond acceptors (Lipinski definition) is 3. The van der Waals surface area contributed by atoms with Crippen molar-refractivity contribution in [1.82, 2.24) is 9.62 Å². The summed E-state index contributed by atoms with van der Waals surface area (Å²) in [5, 5.41) is 3.15. The Balaban J connectivity index is 2.40. The smallest absolute Gasteiger partial charge is 0.215 e. The van der Waals surface area contributed by atoms with E-state index in [-0.39, 0.29) is 5.75 Å². The van der Waals surface area contributed by atoms with Gasteiger partial charge in [0.1, 0.15) is 0 Å². The predicted molar refractivity (Wildman–Crippen MR) is 71.5 cm³/mol. The molecule has 0 bridgehead atoms. The molecule has 1 saturated heterocycles. The molecule has 5 heteroatoms. The van der Waals surface area contributed by atoms with Crippen molar-refractivity contribution in [2.75, 3.05) is 31.9 Å². The summed E-state index contributed by atoms with van der Waals surface area (Å²) in [4.78, 5) is 0. The molecule has 1 unspecified atom stereocenters. The maximum atomic E-state index is 12.1. The zero-order valence-electron chi connectivity index (χ0n) is 11.1. The molecule has 1 aliphatic rings. The zero-order chi connectivity index (χ0) is 12.7. The fourth-order valence-corrected chi connectivity index (χ4v) is 3.60. The lowest BCUT2D eigenvalue weighted by molar-refractivity contribution is 0.416. The molecule has 4 nitrogen and oxygen atoms in total. The van der Waals surface area contributed by atoms with E-state index in [1.54, 1.807) is 4.31 Å². The maximum Gasteiger partial charge on any atom is 0.215 e. The second-order valence-corrected chi connectivity index (χ2v) is 7.09. The molecular formula is C12H26N2O2S. The minimum absolute atomic E-state index is 0.237. The zero-order valence-corrected chi connectivity index (χ0v) is 11.9. The Morgan fingerprint density at radius 1 is 1.24 bits per heavy atom. The Morgan fingerprint density at radius 3 is 2.71 bits per heavy atom. The largest absolute Gasteiger partial charge is 0.316 e. The number of nitrogens with zero attached hydrogens (tertiary/aromatic N) is 1. The summed E-state index contributed by atoms with van der Waals surface area (Å²) in [6.07, 6.45) is 4.20. The fourth-order valence-electron chi connectivity index (χ4n) is 2.15. The van der Waals surface area contributed by atoms with Gasteiger partial charge in [0.15, 0.2) is 0 Å². The first-order valence-corrected chi connectivity index (χ1v) is 8.35. The molecule has 1 rings (SSSR count). The van der Waals surface area contributed by atoms with Gasteiger partial charge in [0.2, 0.25) is 10.0 Å². The average molecular weight is 262 g/mol. The van der Waals surface area contributed by atoms with Gasteiger partial charge in [0.05, 0.1) is 5.75 Å². The molecule has 1 aliphatic heterocycles. The van der Waals surface area contributed by atoms with Gasteiger partial charge in [0, 0.05) is 19.6 Å². The van der Waals surface area contributed by atoms with Crippen LogP contribution in [-0.2, 0) is 10.0 Å². The van der Waals surface area contributed by atoms with Crippen LogP contribution >= 0.6 is 0 Å². The third-order valence-electron chi connectivity index (χ3n) is 3.33. The molecule has 1 N–H and O–H groups in total. The van der Waals surface area contributed by atoms with E-state index >= 15 is 0 Å². The predicted octanol–water partition coefficient (Wildman–Crippen LogP) is 1.44. The molecule has 0 spiro atoms. The molecule has 0 saturated carbocycles. The number of hydrogen-bond donors (Lipinski definition) is 1. The first-order chi connectivity index (χ1) is 8.06. The van der Waals surface area contributed by atoms with E-state index in [0.29, 0.717) is 25.6 Å². The minimum Gasteiger partial charge on any atom is -0.316 e. The van der Waals surface area contributed by atoms with Crippen LogP contribution in [0.1, 0.15) is 39.5 Å². The molecule has 0 aromatic rings. The van der Waals surface area contributed by atoms with Gasteiger partial charge in [-0.05, 0) is 38.1 Å². The van der Waals surface area contributed by atoms with Gasteiger partial charge in [-0.1, -0.05) is 13.8 Å². The Kier molecular flexibility index (Phi) is 6.44. The number of rotatable bonds is 6. The van der Waals surface area contributed by atoms with Crippen molar-refractivity contribution in [3.8, 4) is 0 Å². The van der Waals surface area contributed by atoms with E-state index < -0.39 is 10.0 Å². The van der Waals surface area contributed by atoms with Crippen molar-refractivity contribution < 1.29 is 8.42 Å². The monoisotopic (exact) mass is 262 g/mol. The fraction of sp³-hybridized carbons (Fsp3) is 1.00. The lowest BCUT2D eigenvalue weighted by Gasteiger charge is -2.20. The molecule has 1 atom stereocenters. The summed E-state index contributed by atoms with van der Waals surface area (Å²) in [6, 6.07) is 0. The quantitative estimate of drug-likeness (QED) is 0.737. The third-order valence-corrected chi connectivity index (χ3v) is 5.20. The van der Waals surface area contributed by atoms with Crippen LogP contribution in [0.4, 0.5) is 0 Å². The van der Waals surface area contributed by atoms with E-state index in [1.807, 2.05) is 0 Å². The standard InChI is InChI=1S/C12H26N2O2S/c1-3-7-13-8-11-17(15,16)14-9-4-5-12(2)6-10-14/h12-13H,3-11H2,1-2H3. The Labute approximate surface area is 106 Å². The molecule has 0 amide bonds. The lowest BCUT2D eigenvalue weighted by Crippen LogP contribution is -2.37. The Morgan fingerprint density at radius 2 is 2.00 bits per heavy atom.